The maximum absolute atomic E-state index is 14.0. The zero-order valence-electron chi connectivity index (χ0n) is 70.8. The second-order valence-corrected chi connectivity index (χ2v) is 36.6. The van der Waals surface area contributed by atoms with E-state index >= 15 is 0 Å². The van der Waals surface area contributed by atoms with Gasteiger partial charge in [0.15, 0.2) is 0 Å². The Hall–Kier alpha value is -11.9. The quantitative estimate of drug-likeness (QED) is 0.0349. The number of nitrogens with zero attached hydrogens (tertiary/aromatic N) is 8. The smallest absolute Gasteiger partial charge is 0.410 e. The minimum atomic E-state index is -0.896. The van der Waals surface area contributed by atoms with Crippen molar-refractivity contribution in [3.63, 3.8) is 0 Å². The van der Waals surface area contributed by atoms with E-state index in [2.05, 4.69) is 157 Å². The highest BCUT2D eigenvalue weighted by Crippen LogP contribution is 2.60. The number of piperidine rings is 2. The molecule has 12 atom stereocenters. The Bertz CT molecular complexity index is 5580. The minimum absolute atomic E-state index is 0. The Morgan fingerprint density at radius 1 is 0.413 bits per heavy atom. The summed E-state index contributed by atoms with van der Waals surface area (Å²) in [5.74, 6) is 3.14. The van der Waals surface area contributed by atoms with Gasteiger partial charge in [-0.3, -0.25) is 19.3 Å². The first-order valence-corrected chi connectivity index (χ1v) is 42.7. The number of likely N-dealkylation sites (tertiary alicyclic amines) is 4. The highest BCUT2D eigenvalue weighted by atomic mass is 16.6. The predicted octanol–water partition coefficient (Wildman–Crippen LogP) is 19.9. The van der Waals surface area contributed by atoms with Crippen LogP contribution in [0.25, 0.3) is 88.8 Å². The third kappa shape index (κ3) is 18.6. The van der Waals surface area contributed by atoms with E-state index in [9.17, 15) is 33.6 Å². The van der Waals surface area contributed by atoms with Gasteiger partial charge < -0.3 is 74.3 Å². The number of amides is 7. The highest BCUT2D eigenvalue weighted by Gasteiger charge is 2.58. The van der Waals surface area contributed by atoms with Crippen LogP contribution in [0.5, 0.6) is 0 Å². The maximum atomic E-state index is 14.0. The third-order valence-corrected chi connectivity index (χ3v) is 26.8. The first kappa shape index (κ1) is 93.3. The van der Waals surface area contributed by atoms with Crippen LogP contribution in [0.15, 0.2) is 146 Å². The molecule has 27 heteroatoms. The van der Waals surface area contributed by atoms with E-state index in [1.54, 1.807) is 6.92 Å². The van der Waals surface area contributed by atoms with E-state index in [4.69, 9.17) is 43.6 Å². The van der Waals surface area contributed by atoms with Crippen LogP contribution in [0.1, 0.15) is 217 Å². The van der Waals surface area contributed by atoms with Crippen molar-refractivity contribution in [1.29, 1.82) is 0 Å². The second-order valence-electron chi connectivity index (χ2n) is 36.6. The molecule has 27 nitrogen and oxygen atoms in total. The average molecular weight is 1720 g/mol. The van der Waals surface area contributed by atoms with E-state index in [-0.39, 0.29) is 120 Å². The largest absolute Gasteiger partial charge is 0.453 e. The number of alkyl carbamates (subject to hydrolysis) is 3. The standard InChI is InChI=1S/C48H56N8O7.C46H53N7O5.5CH4/c1-26(2)39(53-46(59)62-5)45(58)56-35-16-15-34(21-35)41(56)43-50-23-36(52-43)29-9-7-28(8-10-29)30-11-12-32-20-33(14-13-31(32)19-30)37-24-49-42(51-37)38-22-48(17-18-48)25-55(38)44(57)40(27(3)61-4)54-47(60)63-6;1-26(2)38(51-43(55)57-6)42(54)53-34-16-15-33(21-34)39(53)41-48-23-35(50-41)28-9-7-27(8-10-28)29-11-12-31-20-32(14-13-30(31)19-29)36-24-47-40(49-36)37-22-46(17-18-46)25-52(37)44(56)58-45(3,4)5;;;;;/h7-14,19-20,23-24,26-27,34-35,38-41H,15-18,21-22,25H2,1-6H3,(H,49,51)(H,50,52)(H,53,59)(H,54,60);7-14,19-20,23-24,26,33-34,37-39H,15-18,21-22,25H2,1-6H3,(H,47,49)(H,48,50)(H,51,55);5*1H4/t27?,34-,35+,38-,39-,40-,41-;33-,34+,37-,38-,39-;;;;;/m00...../s1. The summed E-state index contributed by atoms with van der Waals surface area (Å²) >= 11 is 0. The molecular weight excluding hydrogens is 1590 g/mol. The fourth-order valence-corrected chi connectivity index (χ4v) is 19.8. The lowest BCUT2D eigenvalue weighted by Crippen LogP contribution is -2.54. The Balaban J connectivity index is 0.000000221. The van der Waals surface area contributed by atoms with E-state index in [1.165, 1.54) is 28.4 Å². The molecule has 1 unspecified atom stereocenters. The summed E-state index contributed by atoms with van der Waals surface area (Å²) in [7, 11) is 5.42. The first-order valence-electron chi connectivity index (χ1n) is 42.7. The zero-order valence-corrected chi connectivity index (χ0v) is 70.8. The number of aromatic nitrogens is 8. The predicted molar refractivity (Wildman–Crippen MR) is 491 cm³/mol. The van der Waals surface area contributed by atoms with Gasteiger partial charge in [0.25, 0.3) is 0 Å². The van der Waals surface area contributed by atoms with Gasteiger partial charge in [-0.05, 0) is 218 Å². The van der Waals surface area contributed by atoms with Crippen molar-refractivity contribution in [2.45, 2.75) is 236 Å². The molecule has 10 aromatic rings. The van der Waals surface area contributed by atoms with Gasteiger partial charge in [0.05, 0.1) is 99.2 Å². The number of rotatable bonds is 20. The van der Waals surface area contributed by atoms with E-state index < -0.39 is 48.1 Å². The lowest BCUT2D eigenvalue weighted by molar-refractivity contribution is -0.140. The van der Waals surface area contributed by atoms with E-state index in [0.717, 1.165) is 196 Å². The van der Waals surface area contributed by atoms with Crippen LogP contribution in [0, 0.1) is 34.5 Å². The molecule has 126 heavy (non-hydrogen) atoms. The van der Waals surface area contributed by atoms with Crippen LogP contribution >= 0.6 is 0 Å². The van der Waals surface area contributed by atoms with Gasteiger partial charge in [0.1, 0.15) is 47.0 Å². The highest BCUT2D eigenvalue weighted by molar-refractivity contribution is 5.93. The molecule has 7 N–H and O–H groups in total. The van der Waals surface area contributed by atoms with Gasteiger partial charge in [0.2, 0.25) is 17.7 Å². The number of ether oxygens (including phenoxy) is 5. The topological polar surface area (TPSA) is 329 Å². The molecular formula is C99H129N15O12. The van der Waals surface area contributed by atoms with Crippen molar-refractivity contribution in [1.82, 2.24) is 75.4 Å². The van der Waals surface area contributed by atoms with Gasteiger partial charge in [-0.25, -0.2) is 39.1 Å². The normalized spacial score (nSPS) is 21.5. The van der Waals surface area contributed by atoms with Gasteiger partial charge in [-0.1, -0.05) is 162 Å². The van der Waals surface area contributed by atoms with Crippen molar-refractivity contribution in [3.8, 4) is 67.3 Å². The lowest BCUT2D eigenvalue weighted by Gasteiger charge is -2.37. The number of imidazole rings is 4. The van der Waals surface area contributed by atoms with E-state index in [0.29, 0.717) is 18.4 Å². The van der Waals surface area contributed by atoms with Crippen LogP contribution in [-0.4, -0.2) is 185 Å². The molecule has 8 aliphatic rings. The Morgan fingerprint density at radius 2 is 0.738 bits per heavy atom. The number of methoxy groups -OCH3 is 4. The fraction of sp³-hybridized carbons (Fsp3) is 0.485. The molecule has 0 radical (unpaired) electrons. The number of benzene rings is 6. The van der Waals surface area contributed by atoms with Crippen molar-refractivity contribution in [2.24, 2.45) is 34.5 Å². The van der Waals surface area contributed by atoms with E-state index in [1.807, 2.05) is 92.9 Å². The molecule has 4 saturated heterocycles. The Labute approximate surface area is 740 Å². The first-order chi connectivity index (χ1) is 58.2. The number of aromatic amines is 4. The molecule has 4 aliphatic heterocycles. The number of nitrogens with one attached hydrogen (secondary N) is 7. The Kier molecular flexibility index (Phi) is 27.7. The number of carbonyl (C=O) groups is 7. The van der Waals surface area contributed by atoms with Crippen molar-refractivity contribution in [3.05, 3.63) is 169 Å². The lowest BCUT2D eigenvalue weighted by atomic mass is 9.95. The summed E-state index contributed by atoms with van der Waals surface area (Å²) in [5, 5.41) is 12.7. The summed E-state index contributed by atoms with van der Waals surface area (Å²) in [5.41, 5.74) is 11.7. The maximum Gasteiger partial charge on any atom is 0.410 e. The summed E-state index contributed by atoms with van der Waals surface area (Å²) < 4.78 is 25.7. The monoisotopic (exact) mass is 1720 g/mol. The van der Waals surface area contributed by atoms with Crippen LogP contribution in [-0.2, 0) is 38.1 Å². The van der Waals surface area contributed by atoms with Crippen LogP contribution < -0.4 is 16.0 Å². The van der Waals surface area contributed by atoms with Crippen LogP contribution in [0.3, 0.4) is 0 Å². The molecule has 4 bridgehead atoms. The van der Waals surface area contributed by atoms with Crippen molar-refractivity contribution < 1.29 is 57.2 Å². The molecule has 672 valence electrons. The van der Waals surface area contributed by atoms with Crippen LogP contribution in [0.4, 0.5) is 19.2 Å². The average Bonchev–Trinajstić information content (AvgIpc) is 1.57. The number of H-pyrrole nitrogens is 4. The Morgan fingerprint density at radius 3 is 1.10 bits per heavy atom. The number of fused-ring (bicyclic) bond motifs is 6. The zero-order chi connectivity index (χ0) is 84.7. The molecule has 4 saturated carbocycles. The second kappa shape index (κ2) is 37.4. The molecule has 8 fully saturated rings. The molecule has 4 aliphatic carbocycles. The summed E-state index contributed by atoms with van der Waals surface area (Å²) in [4.78, 5) is 133. The molecule has 4 aromatic heterocycles. The third-order valence-electron chi connectivity index (χ3n) is 26.8. The van der Waals surface area contributed by atoms with Crippen LogP contribution in [0.2, 0.25) is 0 Å². The van der Waals surface area contributed by atoms with Gasteiger partial charge in [-0.15, -0.1) is 0 Å². The summed E-state index contributed by atoms with van der Waals surface area (Å²) in [6.07, 6.45) is 16.7. The summed E-state index contributed by atoms with van der Waals surface area (Å²) in [6.45, 7) is 16.5. The van der Waals surface area contributed by atoms with Gasteiger partial charge in [0, 0.05) is 43.4 Å². The van der Waals surface area contributed by atoms with Gasteiger partial charge >= 0.3 is 24.4 Å². The number of carbonyl (C=O) groups excluding carboxylic acids is 7. The summed E-state index contributed by atoms with van der Waals surface area (Å²) in [6, 6.07) is 40.0. The SMILES string of the molecule is C.C.C.C.C.COC(=O)N[C@H](C(=O)N1[C@@H]2CC[C@@H](C2)[C@H]1c1ncc(-c2ccc(-c3ccc4cc(-c5cnc([C@@H]6CC7(CC7)CN6C(=O)OC(C)(C)C)[nH]5)ccc4c3)cc2)[nH]1)C(C)C.COC(=O)N[C@H](C(=O)N1[C@@H]2CC[C@@H](C2)[C@H]1c1ncc(-c2ccc(-c3ccc4cc(-c5cnc([C@@H]6CC7(CC7)CN6C(=O)[C@@H](NC(=O)OC)C(C)OC)[nH]5)ccc4c3)cc2)[nH]1)C(C)C. The molecule has 2 spiro atoms. The van der Waals surface area contributed by atoms with Crippen molar-refractivity contribution >= 4 is 63.6 Å². The number of hydrogen-bond donors (Lipinski definition) is 7. The number of hydrogen-bond acceptors (Lipinski definition) is 16. The molecule has 8 heterocycles. The molecule has 6 aromatic carbocycles. The van der Waals surface area contributed by atoms with Crippen molar-refractivity contribution in [2.75, 3.05) is 41.5 Å². The fourth-order valence-electron chi connectivity index (χ4n) is 19.8. The van der Waals surface area contributed by atoms with Gasteiger partial charge in [-0.2, -0.15) is 0 Å². The molecule has 18 rings (SSSR count). The molecule has 7 amide bonds. The minimum Gasteiger partial charge on any atom is -0.453 e.